The second-order valence-electron chi connectivity index (χ2n) is 19.1. The average molecular weight is 945 g/mol. The highest BCUT2D eigenvalue weighted by atomic mass is 19.1. The Morgan fingerprint density at radius 3 is 1.27 bits per heavy atom. The number of hydrogen-bond acceptors (Lipinski definition) is 10. The van der Waals surface area contributed by atoms with Gasteiger partial charge in [0.25, 0.3) is 0 Å². The number of halogens is 2. The lowest BCUT2D eigenvalue weighted by Gasteiger charge is -2.22. The van der Waals surface area contributed by atoms with E-state index in [1.54, 1.807) is 77.3 Å². The summed E-state index contributed by atoms with van der Waals surface area (Å²) >= 11 is 0. The van der Waals surface area contributed by atoms with Gasteiger partial charge in [-0.2, -0.15) is 0 Å². The Kier molecular flexibility index (Phi) is 12.7. The number of aromatic nitrogens is 12. The number of nitrogens with zero attached hydrogens (tertiary/aromatic N) is 12. The van der Waals surface area contributed by atoms with Crippen LogP contribution in [0.2, 0.25) is 0 Å². The third kappa shape index (κ3) is 8.59. The molecule has 10 aromatic rings. The molecule has 360 valence electrons. The van der Waals surface area contributed by atoms with Gasteiger partial charge in [-0.15, -0.1) is 0 Å². The number of hydrogen-bond donors (Lipinski definition) is 2. The number of rotatable bonds is 12. The molecule has 14 nitrogen and oxygen atoms in total. The van der Waals surface area contributed by atoms with E-state index in [-0.39, 0.29) is 23.7 Å². The number of fused-ring (bicyclic) bond motifs is 6. The molecule has 0 aromatic carbocycles. The zero-order valence-corrected chi connectivity index (χ0v) is 41.2. The second-order valence-corrected chi connectivity index (χ2v) is 19.1. The fourth-order valence-electron chi connectivity index (χ4n) is 9.73. The molecular weight excluding hydrogens is 887 g/mol. The highest BCUT2D eigenvalue weighted by molar-refractivity contribution is 6.07. The van der Waals surface area contributed by atoms with Gasteiger partial charge in [0.1, 0.15) is 22.8 Å². The summed E-state index contributed by atoms with van der Waals surface area (Å²) in [4.78, 5) is 36.5. The van der Waals surface area contributed by atoms with Gasteiger partial charge >= 0.3 is 0 Å². The van der Waals surface area contributed by atoms with Gasteiger partial charge in [-0.1, -0.05) is 26.7 Å². The van der Waals surface area contributed by atoms with Gasteiger partial charge in [0.2, 0.25) is 0 Å². The fourth-order valence-corrected chi connectivity index (χ4v) is 9.73. The molecule has 2 N–H and O–H groups in total. The first-order valence-corrected chi connectivity index (χ1v) is 23.6. The van der Waals surface area contributed by atoms with Gasteiger partial charge in [0.15, 0.2) is 0 Å². The van der Waals surface area contributed by atoms with E-state index in [0.29, 0.717) is 35.6 Å². The summed E-state index contributed by atoms with van der Waals surface area (Å²) in [5, 5.41) is 23.0. The molecule has 10 heterocycles. The number of aryl methyl sites for hydroxylation is 4. The molecule has 0 amide bonds. The second kappa shape index (κ2) is 18.6. The highest BCUT2D eigenvalue weighted by Crippen LogP contribution is 2.40. The lowest BCUT2D eigenvalue weighted by atomic mass is 10.0. The van der Waals surface area contributed by atoms with Crippen LogP contribution in [0.15, 0.2) is 98.4 Å². The van der Waals surface area contributed by atoms with E-state index in [1.807, 2.05) is 61.6 Å². The maximum Gasteiger partial charge on any atom is 0.146 e. The van der Waals surface area contributed by atoms with Crippen molar-refractivity contribution in [1.29, 1.82) is 0 Å². The van der Waals surface area contributed by atoms with Gasteiger partial charge in [-0.3, -0.25) is 29.9 Å². The molecule has 2 unspecified atom stereocenters. The van der Waals surface area contributed by atoms with Crippen molar-refractivity contribution in [3.8, 4) is 22.5 Å². The predicted molar refractivity (Wildman–Crippen MR) is 269 cm³/mol. The monoisotopic (exact) mass is 944 g/mol. The van der Waals surface area contributed by atoms with Crippen molar-refractivity contribution in [1.82, 2.24) is 58.1 Å². The normalized spacial score (nSPS) is 13.1. The summed E-state index contributed by atoms with van der Waals surface area (Å²) in [6.45, 7) is 14.9. The maximum atomic E-state index is 15.1. The van der Waals surface area contributed by atoms with Crippen LogP contribution in [-0.4, -0.2) is 68.4 Å². The van der Waals surface area contributed by atoms with E-state index in [9.17, 15) is 10.2 Å². The van der Waals surface area contributed by atoms with Crippen molar-refractivity contribution in [2.24, 2.45) is 14.1 Å². The molecule has 0 aliphatic carbocycles. The quantitative estimate of drug-likeness (QED) is 0.120. The van der Waals surface area contributed by atoms with Crippen molar-refractivity contribution in [2.45, 2.75) is 104 Å². The first-order valence-electron chi connectivity index (χ1n) is 23.6. The Morgan fingerprint density at radius 1 is 0.543 bits per heavy atom. The molecule has 0 saturated heterocycles. The van der Waals surface area contributed by atoms with Crippen LogP contribution in [0, 0.1) is 25.5 Å². The van der Waals surface area contributed by atoms with Crippen molar-refractivity contribution < 1.29 is 19.0 Å². The van der Waals surface area contributed by atoms with E-state index >= 15 is 8.78 Å². The van der Waals surface area contributed by atoms with Crippen LogP contribution in [0.5, 0.6) is 0 Å². The van der Waals surface area contributed by atoms with Crippen LogP contribution in [0.4, 0.5) is 8.78 Å². The lowest BCUT2D eigenvalue weighted by Crippen LogP contribution is -2.18. The van der Waals surface area contributed by atoms with Crippen molar-refractivity contribution in [2.75, 3.05) is 0 Å². The number of aliphatic hydroxyl groups is 2. The van der Waals surface area contributed by atoms with Crippen molar-refractivity contribution in [3.05, 3.63) is 144 Å². The van der Waals surface area contributed by atoms with Gasteiger partial charge in [0.05, 0.1) is 103 Å². The summed E-state index contributed by atoms with van der Waals surface area (Å²) in [6, 6.07) is 13.3. The Labute approximate surface area is 404 Å². The molecule has 16 heteroatoms. The number of pyridine rings is 6. The van der Waals surface area contributed by atoms with Gasteiger partial charge < -0.3 is 28.5 Å². The third-order valence-electron chi connectivity index (χ3n) is 13.0. The molecule has 0 aliphatic heterocycles. The van der Waals surface area contributed by atoms with E-state index in [4.69, 9.17) is 9.97 Å². The molecular formula is C54H58F2N12O2. The largest absolute Gasteiger partial charge is 0.384 e. The third-order valence-corrected chi connectivity index (χ3v) is 13.0. The first-order chi connectivity index (χ1) is 33.4. The smallest absolute Gasteiger partial charge is 0.146 e. The molecule has 2 atom stereocenters. The van der Waals surface area contributed by atoms with Gasteiger partial charge in [-0.25, -0.2) is 18.7 Å². The van der Waals surface area contributed by atoms with Crippen molar-refractivity contribution in [3.63, 3.8) is 0 Å². The van der Waals surface area contributed by atoms with Gasteiger partial charge in [-0.05, 0) is 103 Å². The molecule has 0 spiro atoms. The van der Waals surface area contributed by atoms with Crippen molar-refractivity contribution >= 4 is 43.9 Å². The summed E-state index contributed by atoms with van der Waals surface area (Å²) in [7, 11) is 3.91. The minimum atomic E-state index is -1.13. The predicted octanol–water partition coefficient (Wildman–Crippen LogP) is 10.9. The minimum Gasteiger partial charge on any atom is -0.384 e. The standard InChI is InChI=1S/2C27H29FN6O/c2*1-6-8-20(25-19(28)9-7-10-29-25)34-21-12-23(27(3,4)35)30-14-18(21)24-22(34)11-17(13-31-24)26-16(2)32-15-33(26)5/h2*7,9-15,20,35H,6,8H2,1-5H3. The molecule has 70 heavy (non-hydrogen) atoms. The molecule has 10 aromatic heterocycles. The zero-order valence-electron chi connectivity index (χ0n) is 41.2. The van der Waals surface area contributed by atoms with E-state index in [2.05, 4.69) is 65.0 Å². The number of imidazole rings is 2. The molecule has 0 fully saturated rings. The zero-order chi connectivity index (χ0) is 49.8. The van der Waals surface area contributed by atoms with E-state index in [1.165, 1.54) is 12.1 Å². The molecule has 0 aliphatic rings. The minimum absolute atomic E-state index is 0.343. The highest BCUT2D eigenvalue weighted by Gasteiger charge is 2.29. The molecule has 0 saturated carbocycles. The molecule has 0 radical (unpaired) electrons. The van der Waals surface area contributed by atoms with Crippen LogP contribution in [0.1, 0.15) is 113 Å². The summed E-state index contributed by atoms with van der Waals surface area (Å²) in [6.07, 6.45) is 17.0. The Morgan fingerprint density at radius 2 is 0.943 bits per heavy atom. The van der Waals surface area contributed by atoms with Crippen LogP contribution in [0.3, 0.4) is 0 Å². The fraction of sp³-hybridized carbons (Fsp3) is 0.333. The average Bonchev–Trinajstić information content (AvgIpc) is 4.05. The van der Waals surface area contributed by atoms with Gasteiger partial charge in [0, 0.05) is 73.2 Å². The Balaban J connectivity index is 0.000000174. The van der Waals surface area contributed by atoms with Crippen LogP contribution in [-0.2, 0) is 25.3 Å². The summed E-state index contributed by atoms with van der Waals surface area (Å²) in [5.74, 6) is -0.686. The maximum absolute atomic E-state index is 15.1. The topological polar surface area (TPSA) is 163 Å². The summed E-state index contributed by atoms with van der Waals surface area (Å²) < 4.78 is 38.3. The Hall–Kier alpha value is -7.30. The molecule has 0 bridgehead atoms. The van der Waals surface area contributed by atoms with Crippen LogP contribution >= 0.6 is 0 Å². The summed E-state index contributed by atoms with van der Waals surface area (Å²) in [5.41, 5.74) is 10.1. The van der Waals surface area contributed by atoms with Crippen LogP contribution in [0.25, 0.3) is 66.4 Å². The van der Waals surface area contributed by atoms with E-state index in [0.717, 1.165) is 90.6 Å². The SMILES string of the molecule is CCCC(c1ncccc1F)n1c2cc(C(C)(C)O)ncc2c2ncc(-c3c(C)ncn3C)cc21.CCCC(c1ncccc1F)n1c2cc(C(C)(C)O)ncc2c2ncc(-c3c(C)ncn3C)cc21. The lowest BCUT2D eigenvalue weighted by molar-refractivity contribution is 0.0735. The molecule has 10 rings (SSSR count). The van der Waals surface area contributed by atoms with E-state index < -0.39 is 11.2 Å². The Bertz CT molecular complexity index is 3280. The van der Waals surface area contributed by atoms with Crippen LogP contribution < -0.4 is 0 Å². The first kappa shape index (κ1) is 47.8.